The van der Waals surface area contributed by atoms with Crippen molar-refractivity contribution in [2.24, 2.45) is 0 Å². The van der Waals surface area contributed by atoms with Crippen LogP contribution in [-0.2, 0) is 12.1 Å². The molecule has 0 aliphatic carbocycles. The van der Waals surface area contributed by atoms with Gasteiger partial charge in [0.1, 0.15) is 17.3 Å². The number of nitrogens with zero attached hydrogens (tertiary/aromatic N) is 4. The fourth-order valence-corrected chi connectivity index (χ4v) is 2.39. The number of nitro benzene ring substituents is 1. The van der Waals surface area contributed by atoms with Gasteiger partial charge in [0.05, 0.1) is 11.0 Å². The van der Waals surface area contributed by atoms with Gasteiger partial charge in [-0.25, -0.2) is 9.97 Å². The molecular weight excluding hydrogens is 432 g/mol. The lowest BCUT2D eigenvalue weighted by Gasteiger charge is -2.21. The van der Waals surface area contributed by atoms with Crippen LogP contribution in [0.1, 0.15) is 34.3 Å². The number of aryl methyl sites for hydroxylation is 1. The van der Waals surface area contributed by atoms with Crippen LogP contribution >= 0.6 is 0 Å². The highest BCUT2D eigenvalue weighted by Crippen LogP contribution is 2.44. The maximum Gasteiger partial charge on any atom is 0.459 e. The summed E-state index contributed by atoms with van der Waals surface area (Å²) < 4.78 is 104. The van der Waals surface area contributed by atoms with E-state index in [0.29, 0.717) is 0 Å². The van der Waals surface area contributed by atoms with Gasteiger partial charge in [0.15, 0.2) is 5.82 Å². The summed E-state index contributed by atoms with van der Waals surface area (Å²) in [6, 6.07) is 3.70. The topological polar surface area (TPSA) is 92.7 Å². The largest absolute Gasteiger partial charge is 0.459 e. The maximum atomic E-state index is 13.6. The van der Waals surface area contributed by atoms with E-state index >= 15 is 0 Å². The number of alkyl halides is 8. The molecule has 2 rings (SSSR count). The van der Waals surface area contributed by atoms with Crippen molar-refractivity contribution in [2.45, 2.75) is 31.1 Å². The molecule has 0 saturated heterocycles. The molecule has 0 radical (unpaired) electrons. The fraction of sp³-hybridized carbons (Fsp3) is 0.312. The summed E-state index contributed by atoms with van der Waals surface area (Å²) >= 11 is 0. The van der Waals surface area contributed by atoms with Crippen LogP contribution in [0.25, 0.3) is 0 Å². The predicted molar refractivity (Wildman–Crippen MR) is 82.3 cm³/mol. The number of aromatic nitrogens is 2. The first-order valence-corrected chi connectivity index (χ1v) is 7.65. The smallest absolute Gasteiger partial charge is 0.258 e. The average Bonchev–Trinajstić information content (AvgIpc) is 2.60. The van der Waals surface area contributed by atoms with Gasteiger partial charge in [-0.1, -0.05) is 6.07 Å². The molecule has 1 atom stereocenters. The number of halogens is 8. The molecule has 160 valence electrons. The van der Waals surface area contributed by atoms with E-state index in [-0.39, 0.29) is 11.1 Å². The Labute approximate surface area is 161 Å². The van der Waals surface area contributed by atoms with Gasteiger partial charge in [-0.15, -0.1) is 0 Å². The molecule has 1 aromatic carbocycles. The van der Waals surface area contributed by atoms with Gasteiger partial charge in [-0.2, -0.15) is 40.4 Å². The van der Waals surface area contributed by atoms with E-state index in [1.165, 1.54) is 13.0 Å². The van der Waals surface area contributed by atoms with Crippen LogP contribution in [0.5, 0.6) is 0 Å². The fourth-order valence-electron chi connectivity index (χ4n) is 2.39. The lowest BCUT2D eigenvalue weighted by atomic mass is 9.97. The Morgan fingerprint density at radius 2 is 1.60 bits per heavy atom. The molecular formula is C16H8F8N4O2. The number of nitriles is 1. The number of hydrogen-bond acceptors (Lipinski definition) is 5. The van der Waals surface area contributed by atoms with Crippen molar-refractivity contribution in [3.05, 3.63) is 62.7 Å². The molecule has 0 spiro atoms. The summed E-state index contributed by atoms with van der Waals surface area (Å²) in [5, 5.41) is 20.1. The Morgan fingerprint density at radius 1 is 1.03 bits per heavy atom. The molecule has 2 aromatic rings. The van der Waals surface area contributed by atoms with Crippen LogP contribution in [0.15, 0.2) is 24.3 Å². The highest BCUT2D eigenvalue weighted by Gasteiger charge is 2.60. The quantitative estimate of drug-likeness (QED) is 0.378. The predicted octanol–water partition coefficient (Wildman–Crippen LogP) is 5.02. The van der Waals surface area contributed by atoms with E-state index in [0.717, 1.165) is 18.2 Å². The average molecular weight is 440 g/mol. The Morgan fingerprint density at radius 3 is 2.03 bits per heavy atom. The maximum absolute atomic E-state index is 13.6. The van der Waals surface area contributed by atoms with Crippen LogP contribution < -0.4 is 0 Å². The Kier molecular flexibility index (Phi) is 5.70. The molecule has 0 aliphatic rings. The molecule has 14 heteroatoms. The molecule has 0 N–H and O–H groups in total. The first-order chi connectivity index (χ1) is 13.6. The molecule has 0 bridgehead atoms. The summed E-state index contributed by atoms with van der Waals surface area (Å²) in [5.74, 6) is -8.93. The van der Waals surface area contributed by atoms with Gasteiger partial charge in [0, 0.05) is 11.6 Å². The first kappa shape index (κ1) is 22.9. The van der Waals surface area contributed by atoms with Crippen molar-refractivity contribution in [3.63, 3.8) is 0 Å². The second-order valence-electron chi connectivity index (χ2n) is 5.93. The summed E-state index contributed by atoms with van der Waals surface area (Å²) in [4.78, 5) is 15.9. The lowest BCUT2D eigenvalue weighted by molar-refractivity contribution is -0.385. The van der Waals surface area contributed by atoms with Gasteiger partial charge in [0.25, 0.3) is 5.69 Å². The second kappa shape index (κ2) is 7.47. The summed E-state index contributed by atoms with van der Waals surface area (Å²) in [5.41, 5.74) is -5.08. The monoisotopic (exact) mass is 440 g/mol. The van der Waals surface area contributed by atoms with E-state index in [2.05, 4.69) is 9.97 Å². The van der Waals surface area contributed by atoms with Crippen LogP contribution in [-0.4, -0.2) is 21.1 Å². The van der Waals surface area contributed by atoms with Crippen LogP contribution in [0.2, 0.25) is 0 Å². The van der Waals surface area contributed by atoms with Crippen LogP contribution in [0.3, 0.4) is 0 Å². The van der Waals surface area contributed by atoms with Crippen molar-refractivity contribution in [1.29, 1.82) is 5.26 Å². The van der Waals surface area contributed by atoms with Gasteiger partial charge >= 0.3 is 18.3 Å². The number of benzene rings is 1. The Hall–Kier alpha value is -3.37. The lowest BCUT2D eigenvalue weighted by Crippen LogP contribution is -2.35. The van der Waals surface area contributed by atoms with Gasteiger partial charge in [0.2, 0.25) is 0 Å². The summed E-state index contributed by atoms with van der Waals surface area (Å²) in [6.07, 6.45) is -11.7. The third-order valence-electron chi connectivity index (χ3n) is 3.85. The van der Waals surface area contributed by atoms with Gasteiger partial charge in [-0.05, 0) is 24.6 Å². The van der Waals surface area contributed by atoms with Crippen molar-refractivity contribution >= 4 is 5.69 Å². The zero-order valence-electron chi connectivity index (χ0n) is 14.5. The molecule has 1 heterocycles. The molecule has 0 saturated carbocycles. The SMILES string of the molecule is Cc1cc(C(C#N)c2nc(C(F)(F)F)cc(C(F)(F)C(F)(F)F)n2)ccc1[N+](=O)[O-]. The van der Waals surface area contributed by atoms with Gasteiger partial charge in [-0.3, -0.25) is 10.1 Å². The highest BCUT2D eigenvalue weighted by molar-refractivity contribution is 5.45. The molecule has 6 nitrogen and oxygen atoms in total. The Bertz CT molecular complexity index is 1030. The summed E-state index contributed by atoms with van der Waals surface area (Å²) in [7, 11) is 0. The molecule has 30 heavy (non-hydrogen) atoms. The molecule has 1 aromatic heterocycles. The number of rotatable bonds is 4. The molecule has 0 aliphatic heterocycles. The van der Waals surface area contributed by atoms with Crippen LogP contribution in [0, 0.1) is 28.4 Å². The van der Waals surface area contributed by atoms with Crippen molar-refractivity contribution < 1.29 is 40.0 Å². The van der Waals surface area contributed by atoms with Crippen LogP contribution in [0.4, 0.5) is 40.8 Å². The van der Waals surface area contributed by atoms with Gasteiger partial charge < -0.3 is 0 Å². The van der Waals surface area contributed by atoms with Crippen molar-refractivity contribution in [1.82, 2.24) is 9.97 Å². The minimum Gasteiger partial charge on any atom is -0.258 e. The van der Waals surface area contributed by atoms with Crippen molar-refractivity contribution in [3.8, 4) is 6.07 Å². The molecule has 1 unspecified atom stereocenters. The van der Waals surface area contributed by atoms with E-state index in [9.17, 15) is 50.5 Å². The number of nitro groups is 1. The second-order valence-corrected chi connectivity index (χ2v) is 5.93. The van der Waals surface area contributed by atoms with E-state index in [1.54, 1.807) is 0 Å². The standard InChI is InChI=1S/C16H8F8N4O2/c1-7-4-8(2-3-10(7)28(29)30)9(6-25)13-26-11(14(17,18)16(22,23)24)5-12(27-13)15(19,20)21/h2-5,9H,1H3. The van der Waals surface area contributed by atoms with E-state index in [1.807, 2.05) is 0 Å². The zero-order chi connectivity index (χ0) is 23.1. The molecule has 0 amide bonds. The minimum absolute atomic E-state index is 0.0365. The highest BCUT2D eigenvalue weighted by atomic mass is 19.4. The summed E-state index contributed by atoms with van der Waals surface area (Å²) in [6.45, 7) is 1.23. The Balaban J connectivity index is 2.72. The first-order valence-electron chi connectivity index (χ1n) is 7.65. The third kappa shape index (κ3) is 4.29. The zero-order valence-corrected chi connectivity index (χ0v) is 14.5. The molecule has 0 fully saturated rings. The number of hydrogen-bond donors (Lipinski definition) is 0. The normalized spacial score (nSPS) is 13.6. The van der Waals surface area contributed by atoms with E-state index in [4.69, 9.17) is 0 Å². The minimum atomic E-state index is -6.26. The third-order valence-corrected chi connectivity index (χ3v) is 3.85. The van der Waals surface area contributed by atoms with E-state index < -0.39 is 58.1 Å². The van der Waals surface area contributed by atoms with Crippen molar-refractivity contribution in [2.75, 3.05) is 0 Å².